The quantitative estimate of drug-likeness (QED) is 0.730. The second-order valence-corrected chi connectivity index (χ2v) is 5.15. The maximum absolute atomic E-state index is 13.1. The van der Waals surface area contributed by atoms with Crippen LogP contribution >= 0.6 is 15.9 Å². The summed E-state index contributed by atoms with van der Waals surface area (Å²) in [5.74, 6) is -1.88. The Morgan fingerprint density at radius 1 is 1.39 bits per heavy atom. The fourth-order valence-electron chi connectivity index (χ4n) is 1.15. The Labute approximate surface area is 112 Å². The van der Waals surface area contributed by atoms with Gasteiger partial charge in [-0.3, -0.25) is 9.59 Å². The summed E-state index contributed by atoms with van der Waals surface area (Å²) in [6.07, 6.45) is 0. The monoisotopic (exact) mass is 317 g/mol. The first-order valence-electron chi connectivity index (χ1n) is 5.02. The van der Waals surface area contributed by atoms with E-state index in [1.807, 2.05) is 0 Å². The molecular weight excluding hydrogens is 305 g/mol. The molecule has 0 spiro atoms. The van der Waals surface area contributed by atoms with Crippen LogP contribution in [0.5, 0.6) is 0 Å². The Kier molecular flexibility index (Phi) is 3.95. The largest absolute Gasteiger partial charge is 0.396 e. The number of nitrogen functional groups attached to an aromatic ring is 1. The van der Waals surface area contributed by atoms with Crippen LogP contribution in [0.1, 0.15) is 24.2 Å². The minimum absolute atomic E-state index is 0.128. The van der Waals surface area contributed by atoms with Gasteiger partial charge in [-0.05, 0) is 41.9 Å². The van der Waals surface area contributed by atoms with Crippen LogP contribution in [0.25, 0.3) is 0 Å². The van der Waals surface area contributed by atoms with Crippen molar-refractivity contribution < 1.29 is 14.0 Å². The number of nitrogens with two attached hydrogens (primary N) is 2. The van der Waals surface area contributed by atoms with Crippen molar-refractivity contribution in [3.05, 3.63) is 28.0 Å². The van der Waals surface area contributed by atoms with E-state index in [0.717, 1.165) is 6.07 Å². The molecule has 0 bridgehead atoms. The van der Waals surface area contributed by atoms with E-state index in [1.54, 1.807) is 0 Å². The molecule has 5 N–H and O–H groups in total. The van der Waals surface area contributed by atoms with Crippen molar-refractivity contribution in [2.24, 2.45) is 5.73 Å². The number of primary amides is 1. The number of hydrogen-bond donors (Lipinski definition) is 3. The number of rotatable bonds is 3. The van der Waals surface area contributed by atoms with Crippen molar-refractivity contribution >= 4 is 33.4 Å². The molecule has 0 aliphatic rings. The third-order valence-corrected chi connectivity index (χ3v) is 3.03. The fraction of sp³-hybridized carbons (Fsp3) is 0.273. The van der Waals surface area contributed by atoms with Gasteiger partial charge in [0.2, 0.25) is 5.91 Å². The molecule has 1 rings (SSSR count). The molecule has 0 unspecified atom stereocenters. The Bertz CT molecular complexity index is 517. The number of carbonyl (C=O) groups is 2. The van der Waals surface area contributed by atoms with Crippen molar-refractivity contribution in [3.8, 4) is 0 Å². The van der Waals surface area contributed by atoms with Gasteiger partial charge < -0.3 is 16.8 Å². The lowest BCUT2D eigenvalue weighted by Gasteiger charge is -2.22. The van der Waals surface area contributed by atoms with Crippen molar-refractivity contribution in [2.45, 2.75) is 19.4 Å². The predicted octanol–water partition coefficient (Wildman–Crippen LogP) is 1.16. The minimum atomic E-state index is -1.21. The first-order valence-corrected chi connectivity index (χ1v) is 5.81. The first-order chi connectivity index (χ1) is 8.15. The van der Waals surface area contributed by atoms with Gasteiger partial charge in [-0.1, -0.05) is 0 Å². The summed E-state index contributed by atoms with van der Waals surface area (Å²) < 4.78 is 13.4. The molecule has 7 heteroatoms. The third kappa shape index (κ3) is 2.98. The van der Waals surface area contributed by atoms with E-state index in [-0.39, 0.29) is 15.7 Å². The van der Waals surface area contributed by atoms with E-state index in [9.17, 15) is 14.0 Å². The van der Waals surface area contributed by atoms with Gasteiger partial charge >= 0.3 is 0 Å². The molecule has 0 fully saturated rings. The molecule has 98 valence electrons. The zero-order chi connectivity index (χ0) is 14.1. The van der Waals surface area contributed by atoms with Gasteiger partial charge in [-0.15, -0.1) is 0 Å². The van der Waals surface area contributed by atoms with E-state index in [1.165, 1.54) is 19.9 Å². The molecule has 1 aromatic carbocycles. The summed E-state index contributed by atoms with van der Waals surface area (Å²) in [4.78, 5) is 23.0. The summed E-state index contributed by atoms with van der Waals surface area (Å²) in [5, 5.41) is 2.44. The summed E-state index contributed by atoms with van der Waals surface area (Å²) in [7, 11) is 0. The van der Waals surface area contributed by atoms with E-state index in [0.29, 0.717) is 0 Å². The molecule has 0 aliphatic heterocycles. The molecule has 0 saturated carbocycles. The van der Waals surface area contributed by atoms with Gasteiger partial charge in [0.15, 0.2) is 0 Å². The first kappa shape index (κ1) is 14.4. The van der Waals surface area contributed by atoms with Crippen molar-refractivity contribution in [3.63, 3.8) is 0 Å². The van der Waals surface area contributed by atoms with E-state index >= 15 is 0 Å². The Hall–Kier alpha value is -1.63. The molecular formula is C11H13BrFN3O2. The van der Waals surface area contributed by atoms with Crippen molar-refractivity contribution in [2.75, 3.05) is 5.73 Å². The van der Waals surface area contributed by atoms with Crippen molar-refractivity contribution in [1.82, 2.24) is 5.32 Å². The molecule has 0 radical (unpaired) electrons. The highest BCUT2D eigenvalue weighted by Gasteiger charge is 2.28. The summed E-state index contributed by atoms with van der Waals surface area (Å²) in [6.45, 7) is 2.93. The smallest absolute Gasteiger partial charge is 0.253 e. The maximum Gasteiger partial charge on any atom is 0.253 e. The van der Waals surface area contributed by atoms with Crippen LogP contribution in [0, 0.1) is 5.82 Å². The topological polar surface area (TPSA) is 98.2 Å². The maximum atomic E-state index is 13.1. The Balaban J connectivity index is 3.06. The zero-order valence-corrected chi connectivity index (χ0v) is 11.5. The standard InChI is InChI=1S/C11H13BrFN3O2/c1-11(2,10(15)18)16-9(17)5-3-8(14)7(13)4-6(5)12/h3-4H,14H2,1-2H3,(H2,15,18)(H,16,17). The molecule has 2 amide bonds. The zero-order valence-electron chi connectivity index (χ0n) is 9.88. The van der Waals surface area contributed by atoms with Crippen LogP contribution in [-0.2, 0) is 4.79 Å². The SMILES string of the molecule is CC(C)(NC(=O)c1cc(N)c(F)cc1Br)C(N)=O. The lowest BCUT2D eigenvalue weighted by atomic mass is 10.0. The molecule has 0 aliphatic carbocycles. The Morgan fingerprint density at radius 3 is 2.44 bits per heavy atom. The highest BCUT2D eigenvalue weighted by Crippen LogP contribution is 2.23. The lowest BCUT2D eigenvalue weighted by molar-refractivity contribution is -0.122. The fourth-order valence-corrected chi connectivity index (χ4v) is 1.65. The Morgan fingerprint density at radius 2 is 1.94 bits per heavy atom. The second-order valence-electron chi connectivity index (χ2n) is 4.30. The van der Waals surface area contributed by atoms with Crippen molar-refractivity contribution in [1.29, 1.82) is 0 Å². The van der Waals surface area contributed by atoms with Gasteiger partial charge in [0.25, 0.3) is 5.91 Å². The average molecular weight is 318 g/mol. The average Bonchev–Trinajstić information content (AvgIpc) is 2.22. The minimum Gasteiger partial charge on any atom is -0.396 e. The van der Waals surface area contributed by atoms with Crippen LogP contribution in [-0.4, -0.2) is 17.4 Å². The van der Waals surface area contributed by atoms with Gasteiger partial charge in [-0.25, -0.2) is 4.39 Å². The van der Waals surface area contributed by atoms with Gasteiger partial charge in [0.1, 0.15) is 11.4 Å². The lowest BCUT2D eigenvalue weighted by Crippen LogP contribution is -2.53. The number of carbonyl (C=O) groups excluding carboxylic acids is 2. The molecule has 0 atom stereocenters. The van der Waals surface area contributed by atoms with Crippen LogP contribution in [0.15, 0.2) is 16.6 Å². The van der Waals surface area contributed by atoms with E-state index in [2.05, 4.69) is 21.2 Å². The summed E-state index contributed by atoms with van der Waals surface area (Å²) >= 11 is 3.05. The third-order valence-electron chi connectivity index (χ3n) is 2.37. The number of halogens is 2. The molecule has 1 aromatic rings. The second kappa shape index (κ2) is 4.93. The summed E-state index contributed by atoms with van der Waals surface area (Å²) in [5.41, 5.74) is 9.29. The number of benzene rings is 1. The summed E-state index contributed by atoms with van der Waals surface area (Å²) in [6, 6.07) is 2.27. The van der Waals surface area contributed by atoms with Crippen LogP contribution in [0.4, 0.5) is 10.1 Å². The van der Waals surface area contributed by atoms with Crippen LogP contribution in [0.3, 0.4) is 0 Å². The van der Waals surface area contributed by atoms with Crippen LogP contribution < -0.4 is 16.8 Å². The van der Waals surface area contributed by atoms with Gasteiger partial charge in [0, 0.05) is 4.47 Å². The van der Waals surface area contributed by atoms with Gasteiger partial charge in [-0.2, -0.15) is 0 Å². The highest BCUT2D eigenvalue weighted by molar-refractivity contribution is 9.10. The predicted molar refractivity (Wildman–Crippen MR) is 69.3 cm³/mol. The van der Waals surface area contributed by atoms with E-state index in [4.69, 9.17) is 11.5 Å². The normalized spacial score (nSPS) is 11.1. The molecule has 0 aromatic heterocycles. The highest BCUT2D eigenvalue weighted by atomic mass is 79.9. The number of nitrogens with one attached hydrogen (secondary N) is 1. The van der Waals surface area contributed by atoms with E-state index < -0.39 is 23.2 Å². The van der Waals surface area contributed by atoms with Crippen LogP contribution in [0.2, 0.25) is 0 Å². The van der Waals surface area contributed by atoms with Gasteiger partial charge in [0.05, 0.1) is 11.3 Å². The number of anilines is 1. The number of amides is 2. The number of hydrogen-bond acceptors (Lipinski definition) is 3. The molecule has 0 heterocycles. The molecule has 18 heavy (non-hydrogen) atoms. The molecule has 5 nitrogen and oxygen atoms in total. The molecule has 0 saturated heterocycles.